The second kappa shape index (κ2) is 4.46. The molecule has 1 aliphatic heterocycles. The molecule has 0 bridgehead atoms. The quantitative estimate of drug-likeness (QED) is 0.872. The molecular weight excluding hydrogens is 276 g/mol. The lowest BCUT2D eigenvalue weighted by Crippen LogP contribution is -2.11. The van der Waals surface area contributed by atoms with Crippen molar-refractivity contribution in [3.63, 3.8) is 0 Å². The second-order valence-electron chi connectivity index (χ2n) is 4.98. The zero-order valence-corrected chi connectivity index (χ0v) is 11.6. The molecule has 3 rings (SSSR count). The maximum Gasteiger partial charge on any atom is 0.0459 e. The molecule has 1 atom stereocenters. The monoisotopic (exact) mass is 292 g/mol. The smallest absolute Gasteiger partial charge is 0.0459 e. The number of aryl methyl sites for hydroxylation is 1. The molecule has 1 aromatic carbocycles. The van der Waals surface area contributed by atoms with Crippen LogP contribution in [0.25, 0.3) is 10.9 Å². The summed E-state index contributed by atoms with van der Waals surface area (Å²) in [7, 11) is 0. The molecule has 2 nitrogen and oxygen atoms in total. The molecule has 2 heterocycles. The highest BCUT2D eigenvalue weighted by molar-refractivity contribution is 9.10. The van der Waals surface area contributed by atoms with E-state index in [0.29, 0.717) is 0 Å². The van der Waals surface area contributed by atoms with Crippen molar-refractivity contribution in [2.75, 3.05) is 13.1 Å². The molecule has 0 amide bonds. The van der Waals surface area contributed by atoms with Crippen LogP contribution in [0.3, 0.4) is 0 Å². The van der Waals surface area contributed by atoms with Crippen molar-refractivity contribution in [1.82, 2.24) is 10.3 Å². The summed E-state index contributed by atoms with van der Waals surface area (Å²) in [5.74, 6) is 0.798. The minimum absolute atomic E-state index is 0.798. The van der Waals surface area contributed by atoms with Gasteiger partial charge in [0.15, 0.2) is 0 Å². The summed E-state index contributed by atoms with van der Waals surface area (Å²) in [4.78, 5) is 3.49. The Morgan fingerprint density at radius 2 is 2.29 bits per heavy atom. The third-order valence-electron chi connectivity index (χ3n) is 3.74. The lowest BCUT2D eigenvalue weighted by atomic mass is 9.96. The lowest BCUT2D eigenvalue weighted by Gasteiger charge is -2.08. The molecule has 0 aliphatic carbocycles. The first-order valence-electron chi connectivity index (χ1n) is 6.21. The van der Waals surface area contributed by atoms with Crippen molar-refractivity contribution in [2.45, 2.75) is 19.8 Å². The molecule has 2 N–H and O–H groups in total. The first kappa shape index (κ1) is 11.3. The second-order valence-corrected chi connectivity index (χ2v) is 5.90. The summed E-state index contributed by atoms with van der Waals surface area (Å²) in [6.07, 6.45) is 2.50. The fraction of sp³-hybridized carbons (Fsp3) is 0.429. The van der Waals surface area contributed by atoms with Gasteiger partial charge < -0.3 is 10.3 Å². The van der Waals surface area contributed by atoms with E-state index in [-0.39, 0.29) is 0 Å². The Bertz CT molecular complexity index is 538. The standard InChI is InChI=1S/C14H17BrN2/c1-9-12(6-10-4-5-16-8-10)13-7-11(15)2-3-14(13)17-9/h2-3,7,10,16-17H,4-6,8H2,1H3. The van der Waals surface area contributed by atoms with Crippen LogP contribution < -0.4 is 5.32 Å². The van der Waals surface area contributed by atoms with Gasteiger partial charge in [-0.3, -0.25) is 0 Å². The van der Waals surface area contributed by atoms with Crippen molar-refractivity contribution in [1.29, 1.82) is 0 Å². The number of hydrogen-bond acceptors (Lipinski definition) is 1. The molecule has 17 heavy (non-hydrogen) atoms. The highest BCUT2D eigenvalue weighted by atomic mass is 79.9. The van der Waals surface area contributed by atoms with E-state index in [1.165, 1.54) is 48.1 Å². The van der Waals surface area contributed by atoms with E-state index in [2.05, 4.69) is 51.4 Å². The van der Waals surface area contributed by atoms with E-state index >= 15 is 0 Å². The van der Waals surface area contributed by atoms with Gasteiger partial charge in [-0.1, -0.05) is 15.9 Å². The number of fused-ring (bicyclic) bond motifs is 1. The summed E-state index contributed by atoms with van der Waals surface area (Å²) < 4.78 is 1.16. The zero-order chi connectivity index (χ0) is 11.8. The van der Waals surface area contributed by atoms with Crippen LogP contribution in [-0.4, -0.2) is 18.1 Å². The number of aromatic nitrogens is 1. The number of rotatable bonds is 2. The predicted octanol–water partition coefficient (Wildman–Crippen LogP) is 3.39. The molecule has 0 spiro atoms. The van der Waals surface area contributed by atoms with Crippen LogP contribution in [-0.2, 0) is 6.42 Å². The number of nitrogens with one attached hydrogen (secondary N) is 2. The van der Waals surface area contributed by atoms with Crippen LogP contribution >= 0.6 is 15.9 Å². The van der Waals surface area contributed by atoms with E-state index in [4.69, 9.17) is 0 Å². The van der Waals surface area contributed by atoms with Gasteiger partial charge in [-0.25, -0.2) is 0 Å². The van der Waals surface area contributed by atoms with Gasteiger partial charge >= 0.3 is 0 Å². The molecule has 90 valence electrons. The Labute approximate surface area is 110 Å². The molecular formula is C14H17BrN2. The van der Waals surface area contributed by atoms with E-state index in [1.54, 1.807) is 0 Å². The Morgan fingerprint density at radius 3 is 3.06 bits per heavy atom. The Balaban J connectivity index is 2.01. The average molecular weight is 293 g/mol. The van der Waals surface area contributed by atoms with Crippen molar-refractivity contribution >= 4 is 26.8 Å². The van der Waals surface area contributed by atoms with Gasteiger partial charge in [0.2, 0.25) is 0 Å². The molecule has 1 saturated heterocycles. The number of benzene rings is 1. The summed E-state index contributed by atoms with van der Waals surface area (Å²) >= 11 is 3.56. The SMILES string of the molecule is Cc1[nH]c2ccc(Br)cc2c1CC1CCNC1. The number of hydrogen-bond donors (Lipinski definition) is 2. The van der Waals surface area contributed by atoms with E-state index in [9.17, 15) is 0 Å². The molecule has 3 heteroatoms. The third-order valence-corrected chi connectivity index (χ3v) is 4.23. The Hall–Kier alpha value is -0.800. The minimum Gasteiger partial charge on any atom is -0.358 e. The van der Waals surface area contributed by atoms with Gasteiger partial charge in [-0.05, 0) is 62.5 Å². The van der Waals surface area contributed by atoms with E-state index in [0.717, 1.165) is 10.4 Å². The van der Waals surface area contributed by atoms with E-state index < -0.39 is 0 Å². The van der Waals surface area contributed by atoms with Crippen LogP contribution in [0, 0.1) is 12.8 Å². The molecule has 2 aromatic rings. The summed E-state index contributed by atoms with van der Waals surface area (Å²) in [6, 6.07) is 6.48. The predicted molar refractivity (Wildman–Crippen MR) is 75.4 cm³/mol. The van der Waals surface area contributed by atoms with Crippen molar-refractivity contribution in [3.05, 3.63) is 33.9 Å². The highest BCUT2D eigenvalue weighted by Gasteiger charge is 2.18. The molecule has 0 saturated carbocycles. The average Bonchev–Trinajstić information content (AvgIpc) is 2.90. The van der Waals surface area contributed by atoms with Crippen LogP contribution in [0.4, 0.5) is 0 Å². The van der Waals surface area contributed by atoms with Gasteiger partial charge in [-0.15, -0.1) is 0 Å². The summed E-state index contributed by atoms with van der Waals surface area (Å²) in [5.41, 5.74) is 4.08. The van der Waals surface area contributed by atoms with Crippen LogP contribution in [0.1, 0.15) is 17.7 Å². The van der Waals surface area contributed by atoms with Crippen LogP contribution in [0.2, 0.25) is 0 Å². The molecule has 1 fully saturated rings. The normalized spacial score (nSPS) is 20.2. The molecule has 0 radical (unpaired) electrons. The first-order chi connectivity index (χ1) is 8.24. The van der Waals surface area contributed by atoms with E-state index in [1.807, 2.05) is 0 Å². The number of H-pyrrole nitrogens is 1. The number of aromatic amines is 1. The molecule has 1 aromatic heterocycles. The van der Waals surface area contributed by atoms with Gasteiger partial charge in [-0.2, -0.15) is 0 Å². The minimum atomic E-state index is 0.798. The summed E-state index contributed by atoms with van der Waals surface area (Å²) in [6.45, 7) is 4.53. The van der Waals surface area contributed by atoms with Crippen molar-refractivity contribution < 1.29 is 0 Å². The fourth-order valence-corrected chi connectivity index (χ4v) is 3.16. The van der Waals surface area contributed by atoms with Crippen LogP contribution in [0.15, 0.2) is 22.7 Å². The fourth-order valence-electron chi connectivity index (χ4n) is 2.79. The maximum absolute atomic E-state index is 3.56. The zero-order valence-electron chi connectivity index (χ0n) is 10.0. The first-order valence-corrected chi connectivity index (χ1v) is 7.01. The van der Waals surface area contributed by atoms with Crippen molar-refractivity contribution in [3.8, 4) is 0 Å². The maximum atomic E-state index is 3.56. The Morgan fingerprint density at radius 1 is 1.41 bits per heavy atom. The lowest BCUT2D eigenvalue weighted by molar-refractivity contribution is 0.580. The largest absolute Gasteiger partial charge is 0.358 e. The van der Waals surface area contributed by atoms with Crippen molar-refractivity contribution in [2.24, 2.45) is 5.92 Å². The van der Waals surface area contributed by atoms with Gasteiger partial charge in [0.25, 0.3) is 0 Å². The molecule has 1 aliphatic rings. The van der Waals surface area contributed by atoms with Gasteiger partial charge in [0, 0.05) is 21.1 Å². The van der Waals surface area contributed by atoms with Gasteiger partial charge in [0.05, 0.1) is 0 Å². The Kier molecular flexibility index (Phi) is 2.97. The highest BCUT2D eigenvalue weighted by Crippen LogP contribution is 2.28. The topological polar surface area (TPSA) is 27.8 Å². The molecule has 1 unspecified atom stereocenters. The number of halogens is 1. The van der Waals surface area contributed by atoms with Crippen LogP contribution in [0.5, 0.6) is 0 Å². The third kappa shape index (κ3) is 2.14. The summed E-state index contributed by atoms with van der Waals surface area (Å²) in [5, 5.41) is 4.82. The van der Waals surface area contributed by atoms with Gasteiger partial charge in [0.1, 0.15) is 0 Å².